The van der Waals surface area contributed by atoms with E-state index in [9.17, 15) is 9.59 Å². The fourth-order valence-corrected chi connectivity index (χ4v) is 5.31. The number of pyridine rings is 1. The molecule has 7 heteroatoms. The van der Waals surface area contributed by atoms with Gasteiger partial charge in [-0.15, -0.1) is 0 Å². The van der Waals surface area contributed by atoms with Crippen LogP contribution < -0.4 is 10.6 Å². The predicted octanol–water partition coefficient (Wildman–Crippen LogP) is 5.37. The van der Waals surface area contributed by atoms with E-state index in [2.05, 4.69) is 22.8 Å². The summed E-state index contributed by atoms with van der Waals surface area (Å²) in [6, 6.07) is 33.0. The van der Waals surface area contributed by atoms with Crippen LogP contribution in [-0.2, 0) is 16.8 Å². The number of aromatic nitrogens is 2. The molecule has 0 bridgehead atoms. The van der Waals surface area contributed by atoms with E-state index in [0.717, 1.165) is 22.2 Å². The van der Waals surface area contributed by atoms with E-state index >= 15 is 0 Å². The smallest absolute Gasteiger partial charge is 0.288 e. The maximum absolute atomic E-state index is 13.8. The van der Waals surface area contributed by atoms with Crippen molar-refractivity contribution in [3.05, 3.63) is 132 Å². The third kappa shape index (κ3) is 5.11. The van der Waals surface area contributed by atoms with Crippen LogP contribution in [0.2, 0.25) is 0 Å². The fourth-order valence-electron chi connectivity index (χ4n) is 5.31. The Morgan fingerprint density at radius 1 is 0.800 bits per heavy atom. The van der Waals surface area contributed by atoms with Gasteiger partial charge >= 0.3 is 0 Å². The molecular formula is C33H30N4O3. The highest BCUT2D eigenvalue weighted by Gasteiger charge is 2.37. The lowest BCUT2D eigenvalue weighted by molar-refractivity contribution is 0.0342. The first-order valence-electron chi connectivity index (χ1n) is 13.5. The number of rotatable bonds is 7. The number of hydrogen-bond donors (Lipinski definition) is 2. The van der Waals surface area contributed by atoms with Gasteiger partial charge in [-0.2, -0.15) is 0 Å². The van der Waals surface area contributed by atoms with E-state index in [0.29, 0.717) is 49.7 Å². The Labute approximate surface area is 232 Å². The number of carbonyl (C=O) groups excluding carboxylic acids is 2. The molecule has 2 N–H and O–H groups in total. The minimum Gasteiger partial charge on any atom is -0.381 e. The molecular weight excluding hydrogens is 500 g/mol. The number of amides is 2. The first-order chi connectivity index (χ1) is 19.6. The number of fused-ring (bicyclic) bond motifs is 1. The summed E-state index contributed by atoms with van der Waals surface area (Å²) < 4.78 is 7.45. The van der Waals surface area contributed by atoms with Crippen LogP contribution in [0.3, 0.4) is 0 Å². The number of imidazole rings is 1. The molecule has 3 aromatic carbocycles. The lowest BCUT2D eigenvalue weighted by Gasteiger charge is -2.38. The van der Waals surface area contributed by atoms with Crippen LogP contribution in [0.4, 0.5) is 0 Å². The summed E-state index contributed by atoms with van der Waals surface area (Å²) in [5.41, 5.74) is 4.46. The van der Waals surface area contributed by atoms with E-state index < -0.39 is 5.54 Å². The Morgan fingerprint density at radius 2 is 1.48 bits per heavy atom. The standard InChI is InChI=1S/C33H30N4O3/c38-31(34-23-24-9-3-1-4-10-24)26-16-14-25(15-17-26)29-28-13-7-8-20-37(28)30(35-29)32(39)36-33(18-21-40-22-19-33)27-11-5-2-6-12-27/h1-17,20H,18-19,21-23H2,(H,34,38)(H,36,39). The molecule has 5 aromatic rings. The van der Waals surface area contributed by atoms with Crippen LogP contribution in [-0.4, -0.2) is 34.4 Å². The summed E-state index contributed by atoms with van der Waals surface area (Å²) in [4.78, 5) is 31.3. The van der Waals surface area contributed by atoms with Crippen molar-refractivity contribution < 1.29 is 14.3 Å². The molecule has 1 aliphatic heterocycles. The van der Waals surface area contributed by atoms with Gasteiger partial charge in [-0.05, 0) is 48.2 Å². The van der Waals surface area contributed by atoms with Crippen LogP contribution in [0.15, 0.2) is 109 Å². The van der Waals surface area contributed by atoms with Gasteiger partial charge in [0.25, 0.3) is 11.8 Å². The molecule has 0 radical (unpaired) electrons. The first-order valence-corrected chi connectivity index (χ1v) is 13.5. The van der Waals surface area contributed by atoms with Crippen LogP contribution >= 0.6 is 0 Å². The molecule has 40 heavy (non-hydrogen) atoms. The van der Waals surface area contributed by atoms with Gasteiger partial charge in [-0.25, -0.2) is 4.98 Å². The van der Waals surface area contributed by atoms with E-state index in [4.69, 9.17) is 9.72 Å². The van der Waals surface area contributed by atoms with Crippen LogP contribution in [0, 0.1) is 0 Å². The quantitative estimate of drug-likeness (QED) is 0.296. The molecule has 0 aliphatic carbocycles. The Hall–Kier alpha value is -4.75. The SMILES string of the molecule is O=C(NCc1ccccc1)c1ccc(-c2nc(C(=O)NC3(c4ccccc4)CCOCC3)n3ccccc23)cc1. The zero-order valence-electron chi connectivity index (χ0n) is 22.0. The van der Waals surface area contributed by atoms with Crippen molar-refractivity contribution in [2.24, 2.45) is 0 Å². The van der Waals surface area contributed by atoms with Gasteiger partial charge in [0.05, 0.1) is 16.7 Å². The number of ether oxygens (including phenoxy) is 1. The topological polar surface area (TPSA) is 84.7 Å². The molecule has 200 valence electrons. The summed E-state index contributed by atoms with van der Waals surface area (Å²) in [5, 5.41) is 6.28. The highest BCUT2D eigenvalue weighted by Crippen LogP contribution is 2.33. The van der Waals surface area contributed by atoms with Crippen molar-refractivity contribution in [1.82, 2.24) is 20.0 Å². The largest absolute Gasteiger partial charge is 0.381 e. The van der Waals surface area contributed by atoms with Gasteiger partial charge in [-0.1, -0.05) is 78.9 Å². The molecule has 2 amide bonds. The molecule has 1 saturated heterocycles. The number of nitrogens with zero attached hydrogens (tertiary/aromatic N) is 2. The van der Waals surface area contributed by atoms with E-state index in [1.54, 1.807) is 12.1 Å². The molecule has 1 aliphatic rings. The summed E-state index contributed by atoms with van der Waals surface area (Å²) in [5.74, 6) is -0.0694. The number of carbonyl (C=O) groups is 2. The second kappa shape index (κ2) is 11.2. The molecule has 7 nitrogen and oxygen atoms in total. The Balaban J connectivity index is 1.26. The maximum atomic E-state index is 13.8. The zero-order chi connectivity index (χ0) is 27.4. The van der Waals surface area contributed by atoms with Crippen molar-refractivity contribution >= 4 is 17.3 Å². The van der Waals surface area contributed by atoms with Crippen molar-refractivity contribution in [1.29, 1.82) is 0 Å². The molecule has 6 rings (SSSR count). The van der Waals surface area contributed by atoms with Crippen LogP contribution in [0.5, 0.6) is 0 Å². The van der Waals surface area contributed by atoms with E-state index in [-0.39, 0.29) is 11.8 Å². The highest BCUT2D eigenvalue weighted by molar-refractivity contribution is 5.96. The van der Waals surface area contributed by atoms with Gasteiger partial charge in [0.15, 0.2) is 0 Å². The molecule has 0 saturated carbocycles. The summed E-state index contributed by atoms with van der Waals surface area (Å²) >= 11 is 0. The third-order valence-corrected chi connectivity index (χ3v) is 7.49. The van der Waals surface area contributed by atoms with Crippen LogP contribution in [0.1, 0.15) is 44.9 Å². The minimum atomic E-state index is -0.522. The van der Waals surface area contributed by atoms with Crippen LogP contribution in [0.25, 0.3) is 16.8 Å². The second-order valence-corrected chi connectivity index (χ2v) is 10.0. The molecule has 0 unspecified atom stereocenters. The minimum absolute atomic E-state index is 0.146. The first kappa shape index (κ1) is 25.5. The lowest BCUT2D eigenvalue weighted by Crippen LogP contribution is -2.49. The predicted molar refractivity (Wildman–Crippen MR) is 154 cm³/mol. The van der Waals surface area contributed by atoms with Gasteiger partial charge < -0.3 is 15.4 Å². The molecule has 0 spiro atoms. The molecule has 3 heterocycles. The fraction of sp³-hybridized carbons (Fsp3) is 0.182. The van der Waals surface area contributed by atoms with Gasteiger partial charge in [0.2, 0.25) is 5.82 Å². The Bertz CT molecular complexity index is 1620. The molecule has 1 fully saturated rings. The van der Waals surface area contributed by atoms with Gasteiger partial charge in [0.1, 0.15) is 0 Å². The Kier molecular flexibility index (Phi) is 7.12. The normalized spacial score (nSPS) is 14.5. The van der Waals surface area contributed by atoms with E-state index in [1.807, 2.05) is 89.5 Å². The molecule has 0 atom stereocenters. The van der Waals surface area contributed by atoms with Crippen molar-refractivity contribution in [3.8, 4) is 11.3 Å². The average Bonchev–Trinajstić information content (AvgIpc) is 3.41. The monoisotopic (exact) mass is 530 g/mol. The molecule has 2 aromatic heterocycles. The average molecular weight is 531 g/mol. The summed E-state index contributed by atoms with van der Waals surface area (Å²) in [6.07, 6.45) is 3.23. The number of benzene rings is 3. The van der Waals surface area contributed by atoms with E-state index in [1.165, 1.54) is 0 Å². The highest BCUT2D eigenvalue weighted by atomic mass is 16.5. The van der Waals surface area contributed by atoms with Gasteiger partial charge in [-0.3, -0.25) is 14.0 Å². The lowest BCUT2D eigenvalue weighted by atomic mass is 9.82. The summed E-state index contributed by atoms with van der Waals surface area (Å²) in [7, 11) is 0. The summed E-state index contributed by atoms with van der Waals surface area (Å²) in [6.45, 7) is 1.62. The third-order valence-electron chi connectivity index (χ3n) is 7.49. The van der Waals surface area contributed by atoms with Crippen molar-refractivity contribution in [3.63, 3.8) is 0 Å². The second-order valence-electron chi connectivity index (χ2n) is 10.0. The number of hydrogen-bond acceptors (Lipinski definition) is 4. The maximum Gasteiger partial charge on any atom is 0.288 e. The van der Waals surface area contributed by atoms with Gasteiger partial charge in [0, 0.05) is 37.1 Å². The zero-order valence-corrected chi connectivity index (χ0v) is 22.0. The number of nitrogens with one attached hydrogen (secondary N) is 2. The van der Waals surface area contributed by atoms with Crippen molar-refractivity contribution in [2.75, 3.05) is 13.2 Å². The van der Waals surface area contributed by atoms with Crippen molar-refractivity contribution in [2.45, 2.75) is 24.9 Å². The Morgan fingerprint density at radius 3 is 2.20 bits per heavy atom.